The predicted octanol–water partition coefficient (Wildman–Crippen LogP) is 2.90. The molecular weight excluding hydrogens is 370 g/mol. The molecule has 138 valence electrons. The molecule has 1 atom stereocenters. The van der Waals surface area contributed by atoms with Gasteiger partial charge in [-0.15, -0.1) is 11.8 Å². The Labute approximate surface area is 158 Å². The number of benzene rings is 2. The van der Waals surface area contributed by atoms with Crippen LogP contribution in [0.1, 0.15) is 22.3 Å². The summed E-state index contributed by atoms with van der Waals surface area (Å²) in [4.78, 5) is 13.4. The van der Waals surface area contributed by atoms with Crippen molar-refractivity contribution in [3.63, 3.8) is 0 Å². The number of carbonyl (C=O) groups is 1. The third kappa shape index (κ3) is 4.80. The fraction of sp³-hybridized carbons (Fsp3) is 0.316. The van der Waals surface area contributed by atoms with Crippen molar-refractivity contribution >= 4 is 27.5 Å². The molecule has 1 N–H and O–H groups in total. The van der Waals surface area contributed by atoms with E-state index >= 15 is 0 Å². The Bertz CT molecular complexity index is 879. The molecule has 0 unspecified atom stereocenters. The maximum atomic E-state index is 12.6. The molecule has 2 aromatic rings. The lowest BCUT2D eigenvalue weighted by atomic mass is 10.2. The van der Waals surface area contributed by atoms with Crippen LogP contribution >= 0.6 is 11.8 Å². The van der Waals surface area contributed by atoms with E-state index in [-0.39, 0.29) is 22.7 Å². The maximum absolute atomic E-state index is 12.6. The first-order valence-corrected chi connectivity index (χ1v) is 11.0. The quantitative estimate of drug-likeness (QED) is 0.820. The van der Waals surface area contributed by atoms with Crippen molar-refractivity contribution in [3.8, 4) is 5.75 Å². The molecule has 0 aliphatic carbocycles. The van der Waals surface area contributed by atoms with Crippen LogP contribution in [0.2, 0.25) is 0 Å². The third-order valence-corrected chi connectivity index (χ3v) is 7.55. The summed E-state index contributed by atoms with van der Waals surface area (Å²) in [6, 6.07) is 14.8. The van der Waals surface area contributed by atoms with E-state index < -0.39 is 9.84 Å². The number of hydrogen-bond donors (Lipinski definition) is 1. The average molecular weight is 392 g/mol. The number of sulfone groups is 1. The monoisotopic (exact) mass is 391 g/mol. The van der Waals surface area contributed by atoms with Crippen LogP contribution in [0.3, 0.4) is 0 Å². The Balaban J connectivity index is 1.65. The molecule has 0 spiro atoms. The predicted molar refractivity (Wildman–Crippen MR) is 104 cm³/mol. The molecule has 0 saturated carbocycles. The van der Waals surface area contributed by atoms with E-state index in [4.69, 9.17) is 4.74 Å². The minimum atomic E-state index is -2.93. The first-order chi connectivity index (χ1) is 12.5. The summed E-state index contributed by atoms with van der Waals surface area (Å²) in [5, 5.41) is 2.93. The van der Waals surface area contributed by atoms with Crippen LogP contribution in [0, 0.1) is 0 Å². The van der Waals surface area contributed by atoms with E-state index in [0.717, 1.165) is 16.2 Å². The van der Waals surface area contributed by atoms with Crippen molar-refractivity contribution in [3.05, 3.63) is 59.7 Å². The van der Waals surface area contributed by atoms with Crippen molar-refractivity contribution in [2.45, 2.75) is 23.1 Å². The zero-order valence-electron chi connectivity index (χ0n) is 14.5. The van der Waals surface area contributed by atoms with Crippen molar-refractivity contribution in [2.24, 2.45) is 0 Å². The third-order valence-electron chi connectivity index (χ3n) is 4.23. The Morgan fingerprint density at radius 1 is 1.19 bits per heavy atom. The van der Waals surface area contributed by atoms with Gasteiger partial charge in [0, 0.05) is 16.7 Å². The summed E-state index contributed by atoms with van der Waals surface area (Å²) in [6.07, 6.45) is 0.634. The molecule has 0 aromatic heterocycles. The minimum Gasteiger partial charge on any atom is -0.497 e. The number of hydrogen-bond acceptors (Lipinski definition) is 5. The number of ether oxygens (including phenoxy) is 1. The van der Waals surface area contributed by atoms with Gasteiger partial charge in [-0.2, -0.15) is 0 Å². The largest absolute Gasteiger partial charge is 0.497 e. The van der Waals surface area contributed by atoms with E-state index in [9.17, 15) is 13.2 Å². The number of thioether (sulfide) groups is 1. The lowest BCUT2D eigenvalue weighted by Crippen LogP contribution is -2.23. The van der Waals surface area contributed by atoms with Gasteiger partial charge in [-0.25, -0.2) is 8.42 Å². The summed E-state index contributed by atoms with van der Waals surface area (Å²) in [6.45, 7) is 0.416. The normalized spacial score (nSPS) is 18.4. The van der Waals surface area contributed by atoms with Gasteiger partial charge < -0.3 is 10.1 Å². The highest BCUT2D eigenvalue weighted by Gasteiger charge is 2.29. The summed E-state index contributed by atoms with van der Waals surface area (Å²) in [5.41, 5.74) is 1.56. The number of methoxy groups -OCH3 is 1. The highest BCUT2D eigenvalue weighted by atomic mass is 32.2. The molecule has 1 heterocycles. The fourth-order valence-electron chi connectivity index (χ4n) is 2.81. The highest BCUT2D eigenvalue weighted by Crippen LogP contribution is 2.33. The molecule has 5 nitrogen and oxygen atoms in total. The van der Waals surface area contributed by atoms with Gasteiger partial charge in [0.2, 0.25) is 0 Å². The molecule has 1 amide bonds. The maximum Gasteiger partial charge on any atom is 0.252 e. The second-order valence-electron chi connectivity index (χ2n) is 6.17. The molecule has 1 aliphatic rings. The number of amides is 1. The first kappa shape index (κ1) is 18.8. The van der Waals surface area contributed by atoms with E-state index in [1.165, 1.54) is 11.8 Å². The topological polar surface area (TPSA) is 72.5 Å². The fourth-order valence-corrected chi connectivity index (χ4v) is 6.44. The van der Waals surface area contributed by atoms with Crippen LogP contribution in [0.4, 0.5) is 0 Å². The summed E-state index contributed by atoms with van der Waals surface area (Å²) in [7, 11) is -1.32. The Hall–Kier alpha value is -1.99. The van der Waals surface area contributed by atoms with Crippen LogP contribution in [-0.4, -0.2) is 38.2 Å². The van der Waals surface area contributed by atoms with Crippen molar-refractivity contribution in [2.75, 3.05) is 18.6 Å². The van der Waals surface area contributed by atoms with E-state index in [0.29, 0.717) is 18.5 Å². The van der Waals surface area contributed by atoms with Gasteiger partial charge in [-0.1, -0.05) is 24.3 Å². The number of carbonyl (C=O) groups excluding carboxylic acids is 1. The summed E-state index contributed by atoms with van der Waals surface area (Å²) < 4.78 is 28.4. The van der Waals surface area contributed by atoms with Gasteiger partial charge >= 0.3 is 0 Å². The molecule has 3 rings (SSSR count). The lowest BCUT2D eigenvalue weighted by Gasteiger charge is -2.13. The summed E-state index contributed by atoms with van der Waals surface area (Å²) >= 11 is 1.48. The smallest absolute Gasteiger partial charge is 0.252 e. The molecular formula is C19H21NO4S2. The van der Waals surface area contributed by atoms with E-state index in [1.54, 1.807) is 13.2 Å². The second-order valence-corrected chi connectivity index (χ2v) is 9.74. The molecule has 7 heteroatoms. The van der Waals surface area contributed by atoms with Crippen LogP contribution in [-0.2, 0) is 16.4 Å². The molecule has 26 heavy (non-hydrogen) atoms. The van der Waals surface area contributed by atoms with Gasteiger partial charge in [-0.3, -0.25) is 4.79 Å². The number of rotatable bonds is 6. The van der Waals surface area contributed by atoms with Gasteiger partial charge in [0.05, 0.1) is 24.2 Å². The van der Waals surface area contributed by atoms with Crippen LogP contribution in [0.5, 0.6) is 5.75 Å². The van der Waals surface area contributed by atoms with Gasteiger partial charge in [-0.05, 0) is 36.2 Å². The second kappa shape index (κ2) is 8.14. The van der Waals surface area contributed by atoms with Crippen molar-refractivity contribution < 1.29 is 17.9 Å². The highest BCUT2D eigenvalue weighted by molar-refractivity contribution is 8.02. The van der Waals surface area contributed by atoms with Crippen molar-refractivity contribution in [1.82, 2.24) is 5.32 Å². The first-order valence-electron chi connectivity index (χ1n) is 8.34. The van der Waals surface area contributed by atoms with Gasteiger partial charge in [0.25, 0.3) is 5.91 Å². The Kier molecular flexibility index (Phi) is 5.88. The van der Waals surface area contributed by atoms with Gasteiger partial charge in [0.15, 0.2) is 9.84 Å². The SMILES string of the molecule is COc1ccc(CNC(=O)c2ccccc2S[C@@H]2CCS(=O)(=O)C2)cc1. The van der Waals surface area contributed by atoms with Crippen LogP contribution in [0.25, 0.3) is 0 Å². The average Bonchev–Trinajstić information content (AvgIpc) is 2.99. The van der Waals surface area contributed by atoms with Crippen molar-refractivity contribution in [1.29, 1.82) is 0 Å². The molecule has 0 bridgehead atoms. The minimum absolute atomic E-state index is 0.00976. The molecule has 2 aromatic carbocycles. The van der Waals surface area contributed by atoms with E-state index in [2.05, 4.69) is 5.32 Å². The van der Waals surface area contributed by atoms with Gasteiger partial charge in [0.1, 0.15) is 5.75 Å². The molecule has 1 aliphatic heterocycles. The van der Waals surface area contributed by atoms with E-state index in [1.807, 2.05) is 42.5 Å². The molecule has 1 saturated heterocycles. The van der Waals surface area contributed by atoms with Crippen LogP contribution in [0.15, 0.2) is 53.4 Å². The van der Waals surface area contributed by atoms with Crippen LogP contribution < -0.4 is 10.1 Å². The molecule has 0 radical (unpaired) electrons. The number of nitrogens with one attached hydrogen (secondary N) is 1. The Morgan fingerprint density at radius 2 is 1.92 bits per heavy atom. The standard InChI is InChI=1S/C19H21NO4S2/c1-24-15-8-6-14(7-9-15)12-20-19(21)17-4-2-3-5-18(17)25-16-10-11-26(22,23)13-16/h2-9,16H,10-13H2,1H3,(H,20,21)/t16-/m1/s1. The summed E-state index contributed by atoms with van der Waals surface area (Å²) in [5.74, 6) is 1.02. The Morgan fingerprint density at radius 3 is 2.58 bits per heavy atom. The lowest BCUT2D eigenvalue weighted by molar-refractivity contribution is 0.0948. The zero-order valence-corrected chi connectivity index (χ0v) is 16.1. The zero-order chi connectivity index (χ0) is 18.6. The molecule has 1 fully saturated rings.